The van der Waals surface area contributed by atoms with Crippen LogP contribution in [0.1, 0.15) is 41.8 Å². The normalized spacial score (nSPS) is 21.4. The first-order chi connectivity index (χ1) is 13.1. The average molecular weight is 387 g/mol. The molecule has 1 saturated heterocycles. The van der Waals surface area contributed by atoms with Crippen molar-refractivity contribution < 1.29 is 14.3 Å². The van der Waals surface area contributed by atoms with Crippen LogP contribution in [0.5, 0.6) is 0 Å². The maximum atomic E-state index is 13.0. The Morgan fingerprint density at radius 1 is 1.19 bits per heavy atom. The highest BCUT2D eigenvalue weighted by Crippen LogP contribution is 2.27. The zero-order valence-electron chi connectivity index (χ0n) is 15.7. The van der Waals surface area contributed by atoms with Crippen molar-refractivity contribution in [2.75, 3.05) is 26.7 Å². The maximum absolute atomic E-state index is 13.0. The van der Waals surface area contributed by atoms with Crippen molar-refractivity contribution in [2.45, 2.75) is 44.2 Å². The molecular formula is C21H26N2O3S. The van der Waals surface area contributed by atoms with Gasteiger partial charge in [-0.2, -0.15) is 0 Å². The van der Waals surface area contributed by atoms with Gasteiger partial charge in [-0.3, -0.25) is 9.59 Å². The summed E-state index contributed by atoms with van der Waals surface area (Å²) in [6.45, 7) is 1.28. The summed E-state index contributed by atoms with van der Waals surface area (Å²) >= 11 is 1.51. The predicted molar refractivity (Wildman–Crippen MR) is 107 cm³/mol. The van der Waals surface area contributed by atoms with E-state index in [4.69, 9.17) is 4.74 Å². The minimum absolute atomic E-state index is 0.00220. The number of likely N-dealkylation sites (N-methyl/N-ethyl adjacent to an activating group) is 1. The van der Waals surface area contributed by atoms with E-state index in [-0.39, 0.29) is 11.8 Å². The summed E-state index contributed by atoms with van der Waals surface area (Å²) in [5.41, 5.74) is 0. The lowest BCUT2D eigenvalue weighted by Crippen LogP contribution is -2.53. The maximum Gasteiger partial charge on any atom is 0.264 e. The minimum Gasteiger partial charge on any atom is -0.365 e. The molecule has 1 aliphatic heterocycles. The van der Waals surface area contributed by atoms with Crippen LogP contribution in [0.25, 0.3) is 10.1 Å². The molecule has 1 aromatic heterocycles. The SMILES string of the molecule is CN(C(=O)[C@H]1CN(C(=O)c2cc3ccccc3s2)CCO1)C1CCCCC1. The van der Waals surface area contributed by atoms with E-state index in [1.54, 1.807) is 4.90 Å². The quantitative estimate of drug-likeness (QED) is 0.811. The van der Waals surface area contributed by atoms with Crippen molar-refractivity contribution in [1.82, 2.24) is 9.80 Å². The molecule has 2 aromatic rings. The highest BCUT2D eigenvalue weighted by atomic mass is 32.1. The molecule has 0 unspecified atom stereocenters. The number of morpholine rings is 1. The Labute approximate surface area is 163 Å². The van der Waals surface area contributed by atoms with Gasteiger partial charge < -0.3 is 14.5 Å². The first-order valence-corrected chi connectivity index (χ1v) is 10.6. The van der Waals surface area contributed by atoms with Gasteiger partial charge in [0.15, 0.2) is 6.10 Å². The fraction of sp³-hybridized carbons (Fsp3) is 0.524. The monoisotopic (exact) mass is 386 g/mol. The number of nitrogens with zero attached hydrogens (tertiary/aromatic N) is 2. The lowest BCUT2D eigenvalue weighted by atomic mass is 9.94. The average Bonchev–Trinajstić information content (AvgIpc) is 3.17. The summed E-state index contributed by atoms with van der Waals surface area (Å²) in [6.07, 6.45) is 5.22. The summed E-state index contributed by atoms with van der Waals surface area (Å²) in [5, 5.41) is 1.09. The van der Waals surface area contributed by atoms with Gasteiger partial charge >= 0.3 is 0 Å². The first kappa shape index (κ1) is 18.4. The predicted octanol–water partition coefficient (Wildman–Crippen LogP) is 3.53. The van der Waals surface area contributed by atoms with Gasteiger partial charge in [-0.15, -0.1) is 11.3 Å². The summed E-state index contributed by atoms with van der Waals surface area (Å²) in [6, 6.07) is 10.3. The van der Waals surface area contributed by atoms with E-state index in [9.17, 15) is 9.59 Å². The molecule has 2 heterocycles. The standard InChI is InChI=1S/C21H26N2O3S/c1-22(16-8-3-2-4-9-16)20(24)17-14-23(11-12-26-17)21(25)19-13-15-7-5-6-10-18(15)27-19/h5-7,10,13,16-17H,2-4,8-9,11-12,14H2,1H3/t17-/m1/s1. The second kappa shape index (κ2) is 7.98. The number of rotatable bonds is 3. The van der Waals surface area contributed by atoms with Crippen LogP contribution in [0.3, 0.4) is 0 Å². The van der Waals surface area contributed by atoms with Crippen LogP contribution in [0.2, 0.25) is 0 Å². The molecule has 4 rings (SSSR count). The fourth-order valence-electron chi connectivity index (χ4n) is 4.10. The second-order valence-electron chi connectivity index (χ2n) is 7.50. The summed E-state index contributed by atoms with van der Waals surface area (Å²) in [5.74, 6) is 0.00774. The number of ether oxygens (including phenoxy) is 1. The van der Waals surface area contributed by atoms with Crippen LogP contribution < -0.4 is 0 Å². The zero-order valence-corrected chi connectivity index (χ0v) is 16.5. The number of carbonyl (C=O) groups is 2. The molecular weight excluding hydrogens is 360 g/mol. The highest BCUT2D eigenvalue weighted by molar-refractivity contribution is 7.20. The van der Waals surface area contributed by atoms with Crippen LogP contribution in [-0.4, -0.2) is 60.5 Å². The summed E-state index contributed by atoms with van der Waals surface area (Å²) in [7, 11) is 1.88. The van der Waals surface area contributed by atoms with Crippen molar-refractivity contribution in [1.29, 1.82) is 0 Å². The van der Waals surface area contributed by atoms with E-state index in [1.165, 1.54) is 30.6 Å². The Morgan fingerprint density at radius 3 is 2.74 bits per heavy atom. The molecule has 2 aliphatic rings. The zero-order chi connectivity index (χ0) is 18.8. The van der Waals surface area contributed by atoms with Gasteiger partial charge in [0.2, 0.25) is 0 Å². The molecule has 1 aromatic carbocycles. The van der Waals surface area contributed by atoms with Crippen molar-refractivity contribution in [3.63, 3.8) is 0 Å². The highest BCUT2D eigenvalue weighted by Gasteiger charge is 2.34. The van der Waals surface area contributed by atoms with Gasteiger partial charge in [-0.1, -0.05) is 37.5 Å². The first-order valence-electron chi connectivity index (χ1n) is 9.79. The minimum atomic E-state index is -0.552. The van der Waals surface area contributed by atoms with Crippen molar-refractivity contribution in [2.24, 2.45) is 0 Å². The Morgan fingerprint density at radius 2 is 1.96 bits per heavy atom. The Hall–Kier alpha value is -1.92. The van der Waals surface area contributed by atoms with Gasteiger partial charge in [0.25, 0.3) is 11.8 Å². The van der Waals surface area contributed by atoms with Crippen LogP contribution in [0.4, 0.5) is 0 Å². The molecule has 1 aliphatic carbocycles. The molecule has 27 heavy (non-hydrogen) atoms. The second-order valence-corrected chi connectivity index (χ2v) is 8.58. The van der Waals surface area contributed by atoms with E-state index in [0.29, 0.717) is 25.7 Å². The molecule has 0 N–H and O–H groups in total. The molecule has 1 saturated carbocycles. The number of fused-ring (bicyclic) bond motifs is 1. The number of thiophene rings is 1. The number of amides is 2. The fourth-order valence-corrected chi connectivity index (χ4v) is 5.13. The molecule has 0 bridgehead atoms. The third-order valence-electron chi connectivity index (χ3n) is 5.74. The van der Waals surface area contributed by atoms with Crippen molar-refractivity contribution in [3.05, 3.63) is 35.2 Å². The van der Waals surface area contributed by atoms with E-state index >= 15 is 0 Å². The Balaban J connectivity index is 1.43. The van der Waals surface area contributed by atoms with E-state index in [1.807, 2.05) is 42.3 Å². The summed E-state index contributed by atoms with van der Waals surface area (Å²) in [4.78, 5) is 30.2. The van der Waals surface area contributed by atoms with Crippen LogP contribution >= 0.6 is 11.3 Å². The largest absolute Gasteiger partial charge is 0.365 e. The van der Waals surface area contributed by atoms with Gasteiger partial charge in [-0.05, 0) is 30.4 Å². The van der Waals surface area contributed by atoms with Gasteiger partial charge in [0.1, 0.15) is 0 Å². The lowest BCUT2D eigenvalue weighted by Gasteiger charge is -2.37. The van der Waals surface area contributed by atoms with E-state index in [0.717, 1.165) is 27.8 Å². The topological polar surface area (TPSA) is 49.9 Å². The molecule has 5 nitrogen and oxygen atoms in total. The molecule has 0 radical (unpaired) electrons. The molecule has 0 spiro atoms. The molecule has 2 fully saturated rings. The number of hydrogen-bond acceptors (Lipinski definition) is 4. The number of hydrogen-bond donors (Lipinski definition) is 0. The summed E-state index contributed by atoms with van der Waals surface area (Å²) < 4.78 is 6.86. The molecule has 2 amide bonds. The van der Waals surface area contributed by atoms with Crippen LogP contribution in [-0.2, 0) is 9.53 Å². The molecule has 1 atom stereocenters. The number of carbonyl (C=O) groups excluding carboxylic acids is 2. The Kier molecular flexibility index (Phi) is 5.45. The van der Waals surface area contributed by atoms with Crippen LogP contribution in [0.15, 0.2) is 30.3 Å². The lowest BCUT2D eigenvalue weighted by molar-refractivity contribution is -0.149. The third-order valence-corrected chi connectivity index (χ3v) is 6.84. The molecule has 6 heteroatoms. The van der Waals surface area contributed by atoms with Crippen LogP contribution in [0, 0.1) is 0 Å². The van der Waals surface area contributed by atoms with Crippen molar-refractivity contribution in [3.8, 4) is 0 Å². The van der Waals surface area contributed by atoms with Gasteiger partial charge in [0, 0.05) is 24.3 Å². The van der Waals surface area contributed by atoms with Crippen molar-refractivity contribution >= 4 is 33.2 Å². The smallest absolute Gasteiger partial charge is 0.264 e. The number of benzene rings is 1. The van der Waals surface area contributed by atoms with Gasteiger partial charge in [0.05, 0.1) is 18.0 Å². The Bertz CT molecular complexity index is 795. The van der Waals surface area contributed by atoms with E-state index < -0.39 is 6.10 Å². The van der Waals surface area contributed by atoms with Gasteiger partial charge in [-0.25, -0.2) is 0 Å². The third kappa shape index (κ3) is 3.87. The molecule has 144 valence electrons. The van der Waals surface area contributed by atoms with E-state index in [2.05, 4.69) is 0 Å².